The van der Waals surface area contributed by atoms with E-state index >= 15 is 0 Å². The fourth-order valence-corrected chi connectivity index (χ4v) is 1.56. The van der Waals surface area contributed by atoms with Crippen molar-refractivity contribution in [3.63, 3.8) is 0 Å². The van der Waals surface area contributed by atoms with Crippen LogP contribution >= 0.6 is 0 Å². The van der Waals surface area contributed by atoms with Gasteiger partial charge in [0.2, 0.25) is 5.95 Å². The first-order chi connectivity index (χ1) is 6.74. The molecule has 1 fully saturated rings. The van der Waals surface area contributed by atoms with Gasteiger partial charge < -0.3 is 10.6 Å². The second-order valence-electron chi connectivity index (χ2n) is 3.42. The Morgan fingerprint density at radius 2 is 2.29 bits per heavy atom. The molecule has 0 unspecified atom stereocenters. The van der Waals surface area contributed by atoms with Crippen molar-refractivity contribution in [1.29, 1.82) is 0 Å². The van der Waals surface area contributed by atoms with E-state index in [-0.39, 0.29) is 5.69 Å². The predicted molar refractivity (Wildman–Crippen MR) is 52.4 cm³/mol. The molecule has 0 amide bonds. The van der Waals surface area contributed by atoms with Crippen molar-refractivity contribution in [2.45, 2.75) is 25.8 Å². The van der Waals surface area contributed by atoms with Gasteiger partial charge in [-0.05, 0) is 19.8 Å². The molecule has 0 saturated heterocycles. The molecule has 2 N–H and O–H groups in total. The summed E-state index contributed by atoms with van der Waals surface area (Å²) < 4.78 is 13.1. The molecule has 1 aliphatic rings. The summed E-state index contributed by atoms with van der Waals surface area (Å²) in [5.41, 5.74) is 5.64. The van der Waals surface area contributed by atoms with Crippen LogP contribution in [0.5, 0.6) is 0 Å². The summed E-state index contributed by atoms with van der Waals surface area (Å²) in [7, 11) is 0. The maximum atomic E-state index is 13.1. The van der Waals surface area contributed by atoms with Gasteiger partial charge in [-0.25, -0.2) is 9.97 Å². The Kier molecular flexibility index (Phi) is 2.23. The molecule has 0 aromatic carbocycles. The fourth-order valence-electron chi connectivity index (χ4n) is 1.56. The highest BCUT2D eigenvalue weighted by atomic mass is 19.1. The SMILES string of the molecule is CCN(c1ncnc(F)c1N)C1CC1. The van der Waals surface area contributed by atoms with Gasteiger partial charge >= 0.3 is 0 Å². The molecule has 4 nitrogen and oxygen atoms in total. The molecule has 1 aromatic heterocycles. The summed E-state index contributed by atoms with van der Waals surface area (Å²) in [6.45, 7) is 2.81. The molecule has 1 aromatic rings. The van der Waals surface area contributed by atoms with Crippen molar-refractivity contribution in [2.75, 3.05) is 17.2 Å². The highest BCUT2D eigenvalue weighted by Gasteiger charge is 2.30. The molecule has 0 atom stereocenters. The lowest BCUT2D eigenvalue weighted by Crippen LogP contribution is -2.27. The normalized spacial score (nSPS) is 15.6. The molecule has 0 aliphatic heterocycles. The third-order valence-corrected chi connectivity index (χ3v) is 2.41. The molecule has 0 bridgehead atoms. The molecular weight excluding hydrogens is 183 g/mol. The third-order valence-electron chi connectivity index (χ3n) is 2.41. The number of rotatable bonds is 3. The summed E-state index contributed by atoms with van der Waals surface area (Å²) >= 11 is 0. The topological polar surface area (TPSA) is 55.0 Å². The monoisotopic (exact) mass is 196 g/mol. The van der Waals surface area contributed by atoms with Crippen LogP contribution in [0.25, 0.3) is 0 Å². The number of nitrogen functional groups attached to an aromatic ring is 1. The Morgan fingerprint density at radius 1 is 1.57 bits per heavy atom. The van der Waals surface area contributed by atoms with E-state index in [1.165, 1.54) is 6.33 Å². The third kappa shape index (κ3) is 1.49. The van der Waals surface area contributed by atoms with Crippen LogP contribution in [0, 0.1) is 5.95 Å². The lowest BCUT2D eigenvalue weighted by Gasteiger charge is -2.22. The van der Waals surface area contributed by atoms with Gasteiger partial charge in [0.05, 0.1) is 0 Å². The van der Waals surface area contributed by atoms with Crippen molar-refractivity contribution in [3.8, 4) is 0 Å². The number of aromatic nitrogens is 2. The Labute approximate surface area is 82.0 Å². The number of nitrogens with two attached hydrogens (primary N) is 1. The van der Waals surface area contributed by atoms with Gasteiger partial charge in [0.1, 0.15) is 12.0 Å². The first kappa shape index (κ1) is 9.18. The Balaban J connectivity index is 2.33. The van der Waals surface area contributed by atoms with Gasteiger partial charge in [-0.2, -0.15) is 4.39 Å². The van der Waals surface area contributed by atoms with Gasteiger partial charge in [-0.15, -0.1) is 0 Å². The Hall–Kier alpha value is -1.39. The highest BCUT2D eigenvalue weighted by Crippen LogP contribution is 2.33. The Morgan fingerprint density at radius 3 is 2.86 bits per heavy atom. The fraction of sp³-hybridized carbons (Fsp3) is 0.556. The molecule has 0 spiro atoms. The largest absolute Gasteiger partial charge is 0.392 e. The lowest BCUT2D eigenvalue weighted by molar-refractivity contribution is 0.583. The van der Waals surface area contributed by atoms with E-state index in [9.17, 15) is 4.39 Å². The zero-order valence-electron chi connectivity index (χ0n) is 8.07. The summed E-state index contributed by atoms with van der Waals surface area (Å²) in [6, 6.07) is 0.483. The molecule has 1 heterocycles. The molecule has 1 aliphatic carbocycles. The minimum absolute atomic E-state index is 0.0567. The maximum absolute atomic E-state index is 13.1. The number of hydrogen-bond acceptors (Lipinski definition) is 4. The molecule has 5 heteroatoms. The van der Waals surface area contributed by atoms with Crippen LogP contribution in [0.1, 0.15) is 19.8 Å². The molecule has 1 saturated carbocycles. The number of halogens is 1. The smallest absolute Gasteiger partial charge is 0.241 e. The number of hydrogen-bond donors (Lipinski definition) is 1. The maximum Gasteiger partial charge on any atom is 0.241 e. The highest BCUT2D eigenvalue weighted by molar-refractivity contribution is 5.62. The standard InChI is InChI=1S/C9H13FN4/c1-2-14(6-3-4-6)9-7(11)8(10)12-5-13-9/h5-6H,2-4,11H2,1H3. The second kappa shape index (κ2) is 3.40. The van der Waals surface area contributed by atoms with E-state index in [0.29, 0.717) is 11.9 Å². The van der Waals surface area contributed by atoms with Crippen LogP contribution in [0.15, 0.2) is 6.33 Å². The van der Waals surface area contributed by atoms with Crippen molar-refractivity contribution in [3.05, 3.63) is 12.3 Å². The average molecular weight is 196 g/mol. The summed E-state index contributed by atoms with van der Waals surface area (Å²) in [6.07, 6.45) is 3.49. The van der Waals surface area contributed by atoms with Gasteiger partial charge in [-0.1, -0.05) is 0 Å². The average Bonchev–Trinajstić information content (AvgIpc) is 2.97. The van der Waals surface area contributed by atoms with Crippen LogP contribution in [-0.2, 0) is 0 Å². The lowest BCUT2D eigenvalue weighted by atomic mass is 10.4. The summed E-state index contributed by atoms with van der Waals surface area (Å²) in [4.78, 5) is 9.46. The van der Waals surface area contributed by atoms with E-state index in [1.807, 2.05) is 11.8 Å². The quantitative estimate of drug-likeness (QED) is 0.738. The second-order valence-corrected chi connectivity index (χ2v) is 3.42. The van der Waals surface area contributed by atoms with Crippen molar-refractivity contribution < 1.29 is 4.39 Å². The molecule has 2 rings (SSSR count). The molecular formula is C9H13FN4. The Bertz CT molecular complexity index is 338. The van der Waals surface area contributed by atoms with E-state index in [4.69, 9.17) is 5.73 Å². The van der Waals surface area contributed by atoms with Gasteiger partial charge in [0, 0.05) is 12.6 Å². The van der Waals surface area contributed by atoms with Crippen molar-refractivity contribution >= 4 is 11.5 Å². The predicted octanol–water partition coefficient (Wildman–Crippen LogP) is 1.19. The molecule has 14 heavy (non-hydrogen) atoms. The van der Waals surface area contributed by atoms with E-state index in [0.717, 1.165) is 19.4 Å². The summed E-state index contributed by atoms with van der Waals surface area (Å²) in [5, 5.41) is 0. The van der Waals surface area contributed by atoms with Crippen LogP contribution in [0.3, 0.4) is 0 Å². The molecule has 76 valence electrons. The van der Waals surface area contributed by atoms with Crippen LogP contribution in [0.2, 0.25) is 0 Å². The van der Waals surface area contributed by atoms with E-state index < -0.39 is 5.95 Å². The minimum Gasteiger partial charge on any atom is -0.392 e. The number of anilines is 2. The van der Waals surface area contributed by atoms with Gasteiger partial charge in [0.25, 0.3) is 0 Å². The number of nitrogens with zero attached hydrogens (tertiary/aromatic N) is 3. The van der Waals surface area contributed by atoms with Crippen LogP contribution in [-0.4, -0.2) is 22.6 Å². The minimum atomic E-state index is -0.630. The molecule has 0 radical (unpaired) electrons. The van der Waals surface area contributed by atoms with E-state index in [1.54, 1.807) is 0 Å². The van der Waals surface area contributed by atoms with Crippen LogP contribution in [0.4, 0.5) is 15.9 Å². The zero-order chi connectivity index (χ0) is 10.1. The van der Waals surface area contributed by atoms with Crippen molar-refractivity contribution in [1.82, 2.24) is 9.97 Å². The first-order valence-corrected chi connectivity index (χ1v) is 4.76. The first-order valence-electron chi connectivity index (χ1n) is 4.76. The summed E-state index contributed by atoms with van der Waals surface area (Å²) in [5.74, 6) is -0.100. The van der Waals surface area contributed by atoms with Gasteiger partial charge in [-0.3, -0.25) is 0 Å². The zero-order valence-corrected chi connectivity index (χ0v) is 8.07. The van der Waals surface area contributed by atoms with Gasteiger partial charge in [0.15, 0.2) is 5.82 Å². The van der Waals surface area contributed by atoms with Crippen LogP contribution < -0.4 is 10.6 Å². The van der Waals surface area contributed by atoms with E-state index in [2.05, 4.69) is 9.97 Å². The van der Waals surface area contributed by atoms with Crippen molar-refractivity contribution in [2.24, 2.45) is 0 Å².